The summed E-state index contributed by atoms with van der Waals surface area (Å²) in [5.41, 5.74) is 0.864. The summed E-state index contributed by atoms with van der Waals surface area (Å²) < 4.78 is 10.7. The molecule has 6 nitrogen and oxygen atoms in total. The fourth-order valence-corrected chi connectivity index (χ4v) is 2.84. The van der Waals surface area contributed by atoms with Crippen LogP contribution >= 0.6 is 23.4 Å². The molecule has 3 aromatic rings. The fraction of sp³-hybridized carbons (Fsp3) is 0.188. The van der Waals surface area contributed by atoms with E-state index in [1.165, 1.54) is 18.0 Å². The lowest BCUT2D eigenvalue weighted by Crippen LogP contribution is -2.30. The molecule has 124 valence electrons. The third-order valence-electron chi connectivity index (χ3n) is 3.20. The SMILES string of the molecule is C[C@H](Sc1nnc(-c2ccco2)o1)C(=O)NCc1ccccc1Cl. The van der Waals surface area contributed by atoms with Crippen molar-refractivity contribution in [2.75, 3.05) is 0 Å². The van der Waals surface area contributed by atoms with Crippen LogP contribution in [-0.4, -0.2) is 21.4 Å². The maximum absolute atomic E-state index is 12.2. The predicted octanol–water partition coefficient (Wildman–Crippen LogP) is 3.78. The number of benzene rings is 1. The highest BCUT2D eigenvalue weighted by molar-refractivity contribution is 8.00. The van der Waals surface area contributed by atoms with Crippen molar-refractivity contribution in [2.24, 2.45) is 0 Å². The van der Waals surface area contributed by atoms with Gasteiger partial charge in [0.1, 0.15) is 0 Å². The molecule has 3 rings (SSSR count). The summed E-state index contributed by atoms with van der Waals surface area (Å²) in [6, 6.07) is 10.8. The molecule has 1 atom stereocenters. The molecule has 1 aromatic carbocycles. The molecule has 8 heteroatoms. The van der Waals surface area contributed by atoms with Crippen molar-refractivity contribution in [3.05, 3.63) is 53.2 Å². The molecule has 0 unspecified atom stereocenters. The van der Waals surface area contributed by atoms with Crippen molar-refractivity contribution >= 4 is 29.3 Å². The molecule has 2 aromatic heterocycles. The van der Waals surface area contributed by atoms with Gasteiger partial charge in [-0.15, -0.1) is 10.2 Å². The van der Waals surface area contributed by atoms with Crippen molar-refractivity contribution < 1.29 is 13.6 Å². The number of thioether (sulfide) groups is 1. The third-order valence-corrected chi connectivity index (χ3v) is 4.50. The number of hydrogen-bond donors (Lipinski definition) is 1. The van der Waals surface area contributed by atoms with Crippen molar-refractivity contribution in [1.29, 1.82) is 0 Å². The van der Waals surface area contributed by atoms with E-state index in [0.717, 1.165) is 5.56 Å². The number of carbonyl (C=O) groups is 1. The van der Waals surface area contributed by atoms with Crippen LogP contribution in [-0.2, 0) is 11.3 Å². The topological polar surface area (TPSA) is 81.2 Å². The van der Waals surface area contributed by atoms with Crippen LogP contribution < -0.4 is 5.32 Å². The van der Waals surface area contributed by atoms with E-state index in [0.29, 0.717) is 22.6 Å². The number of nitrogens with one attached hydrogen (secondary N) is 1. The number of furan rings is 1. The van der Waals surface area contributed by atoms with Gasteiger partial charge in [-0.2, -0.15) is 0 Å². The number of nitrogens with zero attached hydrogens (tertiary/aromatic N) is 2. The Balaban J connectivity index is 1.55. The highest BCUT2D eigenvalue weighted by atomic mass is 35.5. The van der Waals surface area contributed by atoms with Crippen LogP contribution in [0.3, 0.4) is 0 Å². The number of halogens is 1. The highest BCUT2D eigenvalue weighted by Gasteiger charge is 2.19. The molecule has 0 aliphatic carbocycles. The molecule has 0 spiro atoms. The molecule has 0 aliphatic heterocycles. The fourth-order valence-electron chi connectivity index (χ4n) is 1.93. The maximum atomic E-state index is 12.2. The second-order valence-corrected chi connectivity index (χ2v) is 6.62. The van der Waals surface area contributed by atoms with Crippen LogP contribution in [0.5, 0.6) is 0 Å². The number of rotatable bonds is 6. The molecule has 0 bridgehead atoms. The van der Waals surface area contributed by atoms with Gasteiger partial charge < -0.3 is 14.2 Å². The van der Waals surface area contributed by atoms with Crippen LogP contribution in [0.25, 0.3) is 11.7 Å². The lowest BCUT2D eigenvalue weighted by molar-refractivity contribution is -0.120. The summed E-state index contributed by atoms with van der Waals surface area (Å²) in [5, 5.41) is 11.2. The van der Waals surface area contributed by atoms with Gasteiger partial charge >= 0.3 is 0 Å². The van der Waals surface area contributed by atoms with E-state index in [-0.39, 0.29) is 11.8 Å². The summed E-state index contributed by atoms with van der Waals surface area (Å²) in [6.07, 6.45) is 1.52. The molecule has 2 heterocycles. The van der Waals surface area contributed by atoms with Crippen molar-refractivity contribution in [3.8, 4) is 11.7 Å². The van der Waals surface area contributed by atoms with E-state index in [1.807, 2.05) is 18.2 Å². The zero-order chi connectivity index (χ0) is 16.9. The van der Waals surface area contributed by atoms with Crippen LogP contribution in [0.1, 0.15) is 12.5 Å². The van der Waals surface area contributed by atoms with Crippen molar-refractivity contribution in [2.45, 2.75) is 23.9 Å². The maximum Gasteiger partial charge on any atom is 0.284 e. The number of aromatic nitrogens is 2. The second-order valence-electron chi connectivity index (χ2n) is 4.92. The van der Waals surface area contributed by atoms with Gasteiger partial charge in [-0.25, -0.2) is 0 Å². The molecular weight excluding hydrogens is 350 g/mol. The first kappa shape index (κ1) is 16.6. The predicted molar refractivity (Wildman–Crippen MR) is 90.6 cm³/mol. The van der Waals surface area contributed by atoms with E-state index in [2.05, 4.69) is 15.5 Å². The molecule has 1 amide bonds. The largest absolute Gasteiger partial charge is 0.459 e. The van der Waals surface area contributed by atoms with Gasteiger partial charge in [0.15, 0.2) is 5.76 Å². The standard InChI is InChI=1S/C16H14ClN3O3S/c1-10(14(21)18-9-11-5-2-3-6-12(11)17)24-16-20-19-15(23-16)13-7-4-8-22-13/h2-8,10H,9H2,1H3,(H,18,21)/t10-/m0/s1. The Morgan fingerprint density at radius 1 is 1.29 bits per heavy atom. The molecule has 0 aliphatic rings. The molecule has 0 saturated heterocycles. The number of amides is 1. The van der Waals surface area contributed by atoms with E-state index >= 15 is 0 Å². The third kappa shape index (κ3) is 3.98. The van der Waals surface area contributed by atoms with E-state index in [9.17, 15) is 4.79 Å². The first-order valence-electron chi connectivity index (χ1n) is 7.18. The minimum absolute atomic E-state index is 0.141. The Bertz CT molecular complexity index is 820. The van der Waals surface area contributed by atoms with Crippen LogP contribution in [0.2, 0.25) is 5.02 Å². The van der Waals surface area contributed by atoms with Gasteiger partial charge in [0, 0.05) is 11.6 Å². The first-order chi connectivity index (χ1) is 11.6. The molecule has 0 saturated carbocycles. The van der Waals surface area contributed by atoms with E-state index < -0.39 is 5.25 Å². The average molecular weight is 364 g/mol. The number of carbonyl (C=O) groups excluding carboxylic acids is 1. The van der Waals surface area contributed by atoms with E-state index in [4.69, 9.17) is 20.4 Å². The molecule has 24 heavy (non-hydrogen) atoms. The lowest BCUT2D eigenvalue weighted by Gasteiger charge is -2.10. The summed E-state index contributed by atoms with van der Waals surface area (Å²) in [7, 11) is 0. The normalized spacial score (nSPS) is 12.1. The van der Waals surface area contributed by atoms with E-state index in [1.54, 1.807) is 25.1 Å². The summed E-state index contributed by atoms with van der Waals surface area (Å²) in [4.78, 5) is 12.2. The minimum atomic E-state index is -0.391. The number of hydrogen-bond acceptors (Lipinski definition) is 6. The molecule has 0 radical (unpaired) electrons. The average Bonchev–Trinajstić information content (AvgIpc) is 3.25. The Morgan fingerprint density at radius 3 is 2.88 bits per heavy atom. The van der Waals surface area contributed by atoms with Gasteiger partial charge in [0.2, 0.25) is 5.91 Å². The zero-order valence-corrected chi connectivity index (χ0v) is 14.3. The van der Waals surface area contributed by atoms with Gasteiger partial charge in [0.25, 0.3) is 11.1 Å². The highest BCUT2D eigenvalue weighted by Crippen LogP contribution is 2.26. The van der Waals surface area contributed by atoms with Crippen LogP contribution in [0.4, 0.5) is 0 Å². The Kier molecular flexibility index (Phi) is 5.22. The van der Waals surface area contributed by atoms with Crippen molar-refractivity contribution in [3.63, 3.8) is 0 Å². The zero-order valence-electron chi connectivity index (χ0n) is 12.7. The summed E-state index contributed by atoms with van der Waals surface area (Å²) in [6.45, 7) is 2.13. The van der Waals surface area contributed by atoms with Crippen LogP contribution in [0.15, 0.2) is 56.7 Å². The Labute approximate surface area is 147 Å². The Morgan fingerprint density at radius 2 is 2.12 bits per heavy atom. The van der Waals surface area contributed by atoms with Crippen LogP contribution in [0, 0.1) is 0 Å². The van der Waals surface area contributed by atoms with Gasteiger partial charge in [-0.3, -0.25) is 4.79 Å². The smallest absolute Gasteiger partial charge is 0.284 e. The summed E-state index contributed by atoms with van der Waals surface area (Å²) in [5.74, 6) is 0.633. The molecule has 0 fully saturated rings. The summed E-state index contributed by atoms with van der Waals surface area (Å²) >= 11 is 7.25. The first-order valence-corrected chi connectivity index (χ1v) is 8.44. The second kappa shape index (κ2) is 7.55. The Hall–Kier alpha value is -2.25. The van der Waals surface area contributed by atoms with Gasteiger partial charge in [0.05, 0.1) is 11.5 Å². The minimum Gasteiger partial charge on any atom is -0.459 e. The molecular formula is C16H14ClN3O3S. The van der Waals surface area contributed by atoms with Crippen molar-refractivity contribution in [1.82, 2.24) is 15.5 Å². The quantitative estimate of drug-likeness (QED) is 0.671. The molecule has 1 N–H and O–H groups in total. The lowest BCUT2D eigenvalue weighted by atomic mass is 10.2. The van der Waals surface area contributed by atoms with Gasteiger partial charge in [-0.05, 0) is 30.7 Å². The van der Waals surface area contributed by atoms with Gasteiger partial charge in [-0.1, -0.05) is 41.6 Å². The monoisotopic (exact) mass is 363 g/mol.